The van der Waals surface area contributed by atoms with Crippen LogP contribution in [0, 0.1) is 5.82 Å². The van der Waals surface area contributed by atoms with Crippen molar-refractivity contribution in [3.63, 3.8) is 0 Å². The van der Waals surface area contributed by atoms with E-state index in [-0.39, 0.29) is 11.1 Å². The van der Waals surface area contributed by atoms with Crippen molar-refractivity contribution in [2.24, 2.45) is 0 Å². The van der Waals surface area contributed by atoms with Gasteiger partial charge in [0.25, 0.3) is 0 Å². The van der Waals surface area contributed by atoms with Crippen LogP contribution in [0.3, 0.4) is 0 Å². The summed E-state index contributed by atoms with van der Waals surface area (Å²) in [5.41, 5.74) is 1.07. The van der Waals surface area contributed by atoms with Crippen LogP contribution < -0.4 is 5.32 Å². The fourth-order valence-corrected chi connectivity index (χ4v) is 3.41. The number of nitrogens with one attached hydrogen (secondary N) is 1. The highest BCUT2D eigenvalue weighted by Gasteiger charge is 2.18. The molecule has 0 bridgehead atoms. The molecule has 1 N–H and O–H groups in total. The van der Waals surface area contributed by atoms with Crippen molar-refractivity contribution in [3.05, 3.63) is 60.2 Å². The molecule has 0 saturated carbocycles. The Morgan fingerprint density at radius 3 is 2.33 bits per heavy atom. The van der Waals surface area contributed by atoms with Gasteiger partial charge in [0, 0.05) is 15.1 Å². The second kappa shape index (κ2) is 6.93. The molecular weight excluding hydrogens is 423 g/mol. The molecule has 1 atom stereocenters. The van der Waals surface area contributed by atoms with Gasteiger partial charge in [0.2, 0.25) is 0 Å². The Morgan fingerprint density at radius 1 is 1.00 bits per heavy atom. The molecule has 1 nitrogen and oxygen atoms in total. The Labute approximate surface area is 150 Å². The van der Waals surface area contributed by atoms with Gasteiger partial charge in [-0.25, -0.2) is 4.39 Å². The third-order valence-electron chi connectivity index (χ3n) is 2.92. The first kappa shape index (κ1) is 17.2. The number of anilines is 1. The lowest BCUT2D eigenvalue weighted by Gasteiger charge is -2.20. The molecule has 7 heteroatoms. The maximum Gasteiger partial charge on any atom is 0.142 e. The summed E-state index contributed by atoms with van der Waals surface area (Å²) in [7, 11) is 0. The molecular formula is C14H9BrCl4FN. The van der Waals surface area contributed by atoms with E-state index >= 15 is 0 Å². The minimum Gasteiger partial charge on any atom is -0.377 e. The molecule has 21 heavy (non-hydrogen) atoms. The van der Waals surface area contributed by atoms with E-state index in [9.17, 15) is 4.39 Å². The smallest absolute Gasteiger partial charge is 0.142 e. The lowest BCUT2D eigenvalue weighted by Crippen LogP contribution is -2.09. The van der Waals surface area contributed by atoms with E-state index in [2.05, 4.69) is 21.2 Å². The van der Waals surface area contributed by atoms with Gasteiger partial charge < -0.3 is 5.32 Å². The van der Waals surface area contributed by atoms with E-state index in [4.69, 9.17) is 46.4 Å². The Morgan fingerprint density at radius 2 is 1.67 bits per heavy atom. The highest BCUT2D eigenvalue weighted by Crippen LogP contribution is 2.39. The lowest BCUT2D eigenvalue weighted by molar-refractivity contribution is 0.624. The van der Waals surface area contributed by atoms with Crippen molar-refractivity contribution in [3.8, 4) is 0 Å². The summed E-state index contributed by atoms with van der Waals surface area (Å²) in [6.45, 7) is 1.80. The Bertz CT molecular complexity index is 693. The molecule has 112 valence electrons. The van der Waals surface area contributed by atoms with Crippen LogP contribution in [0.2, 0.25) is 20.1 Å². The summed E-state index contributed by atoms with van der Waals surface area (Å²) in [5.74, 6) is -0.523. The molecule has 0 heterocycles. The molecule has 2 aromatic carbocycles. The van der Waals surface area contributed by atoms with E-state index in [1.807, 2.05) is 0 Å². The standard InChI is InChI=1S/C14H9BrCl4FN/c1-6(11-8(16)3-4-9(20)13(11)18)21-10-5-2-7(15)12(17)14(10)19/h2-6,21H,1H3. The van der Waals surface area contributed by atoms with Crippen molar-refractivity contribution < 1.29 is 4.39 Å². The lowest BCUT2D eigenvalue weighted by atomic mass is 10.1. The molecule has 0 amide bonds. The molecule has 0 fully saturated rings. The summed E-state index contributed by atoms with van der Waals surface area (Å²) in [4.78, 5) is 0. The monoisotopic (exact) mass is 429 g/mol. The van der Waals surface area contributed by atoms with Gasteiger partial charge in [-0.2, -0.15) is 0 Å². The summed E-state index contributed by atoms with van der Waals surface area (Å²) in [5, 5.41) is 4.25. The second-order valence-corrected chi connectivity index (χ2v) is 6.74. The largest absolute Gasteiger partial charge is 0.377 e. The van der Waals surface area contributed by atoms with Crippen LogP contribution in [0.5, 0.6) is 0 Å². The van der Waals surface area contributed by atoms with Gasteiger partial charge in [-0.1, -0.05) is 46.4 Å². The van der Waals surface area contributed by atoms with E-state index in [1.165, 1.54) is 12.1 Å². The van der Waals surface area contributed by atoms with Crippen molar-refractivity contribution in [2.45, 2.75) is 13.0 Å². The zero-order chi connectivity index (χ0) is 15.7. The first-order valence-electron chi connectivity index (χ1n) is 5.86. The van der Waals surface area contributed by atoms with Crippen molar-refractivity contribution in [1.29, 1.82) is 0 Å². The van der Waals surface area contributed by atoms with Gasteiger partial charge in [-0.15, -0.1) is 0 Å². The highest BCUT2D eigenvalue weighted by atomic mass is 79.9. The van der Waals surface area contributed by atoms with Gasteiger partial charge in [0.1, 0.15) is 5.82 Å². The zero-order valence-electron chi connectivity index (χ0n) is 10.7. The van der Waals surface area contributed by atoms with Crippen LogP contribution in [0.15, 0.2) is 28.7 Å². The van der Waals surface area contributed by atoms with Crippen molar-refractivity contribution in [2.75, 3.05) is 5.32 Å². The average molecular weight is 432 g/mol. The highest BCUT2D eigenvalue weighted by molar-refractivity contribution is 9.10. The maximum atomic E-state index is 13.6. The third-order valence-corrected chi connectivity index (χ3v) is 5.40. The van der Waals surface area contributed by atoms with Crippen LogP contribution in [-0.4, -0.2) is 0 Å². The van der Waals surface area contributed by atoms with Gasteiger partial charge in [-0.05, 0) is 47.1 Å². The number of hydrogen-bond donors (Lipinski definition) is 1. The van der Waals surface area contributed by atoms with E-state index in [0.717, 1.165) is 0 Å². The topological polar surface area (TPSA) is 12.0 Å². The van der Waals surface area contributed by atoms with Crippen molar-refractivity contribution in [1.82, 2.24) is 0 Å². The van der Waals surface area contributed by atoms with Crippen LogP contribution >= 0.6 is 62.3 Å². The predicted octanol–water partition coefficient (Wildman–Crippen LogP) is 7.37. The first-order chi connectivity index (χ1) is 9.82. The first-order valence-corrected chi connectivity index (χ1v) is 8.16. The molecule has 0 aliphatic carbocycles. The Balaban J connectivity index is 2.37. The second-order valence-electron chi connectivity index (χ2n) is 4.35. The Kier molecular flexibility index (Phi) is 5.66. The quantitative estimate of drug-likeness (QED) is 0.395. The van der Waals surface area contributed by atoms with E-state index < -0.39 is 5.82 Å². The molecule has 2 rings (SSSR count). The summed E-state index contributed by atoms with van der Waals surface area (Å²) >= 11 is 27.6. The molecule has 1 unspecified atom stereocenters. The molecule has 0 aliphatic heterocycles. The molecule has 0 saturated heterocycles. The minimum atomic E-state index is -0.523. The van der Waals surface area contributed by atoms with Crippen LogP contribution in [-0.2, 0) is 0 Å². The Hall–Kier alpha value is -0.190. The van der Waals surface area contributed by atoms with Gasteiger partial charge in [0.15, 0.2) is 0 Å². The average Bonchev–Trinajstić information content (AvgIpc) is 2.44. The van der Waals surface area contributed by atoms with Gasteiger partial charge in [0.05, 0.1) is 26.8 Å². The van der Waals surface area contributed by atoms with Crippen LogP contribution in [0.1, 0.15) is 18.5 Å². The molecule has 0 radical (unpaired) electrons. The maximum absolute atomic E-state index is 13.6. The fraction of sp³-hybridized carbons (Fsp3) is 0.143. The molecule has 0 spiro atoms. The summed E-state index contributed by atoms with van der Waals surface area (Å²) in [6, 6.07) is 5.86. The van der Waals surface area contributed by atoms with Gasteiger partial charge in [-0.3, -0.25) is 0 Å². The van der Waals surface area contributed by atoms with Gasteiger partial charge >= 0.3 is 0 Å². The predicted molar refractivity (Wildman–Crippen MR) is 92.6 cm³/mol. The molecule has 0 aromatic heterocycles. The van der Waals surface area contributed by atoms with E-state index in [0.29, 0.717) is 30.8 Å². The summed E-state index contributed by atoms with van der Waals surface area (Å²) in [6.07, 6.45) is 0. The third kappa shape index (κ3) is 3.59. The number of rotatable bonds is 3. The van der Waals surface area contributed by atoms with Crippen LogP contribution in [0.25, 0.3) is 0 Å². The summed E-state index contributed by atoms with van der Waals surface area (Å²) < 4.78 is 14.3. The SMILES string of the molecule is CC(Nc1ccc(Br)c(Cl)c1Cl)c1c(Cl)ccc(F)c1Cl. The zero-order valence-corrected chi connectivity index (χ0v) is 15.3. The number of halogens is 6. The van der Waals surface area contributed by atoms with Crippen LogP contribution in [0.4, 0.5) is 10.1 Å². The van der Waals surface area contributed by atoms with Crippen molar-refractivity contribution >= 4 is 68.0 Å². The molecule has 2 aromatic rings. The molecule has 0 aliphatic rings. The minimum absolute atomic E-state index is 0.0122. The van der Waals surface area contributed by atoms with E-state index in [1.54, 1.807) is 19.1 Å². The number of hydrogen-bond acceptors (Lipinski definition) is 1. The fourth-order valence-electron chi connectivity index (χ4n) is 1.88. The normalized spacial score (nSPS) is 12.3. The number of benzene rings is 2.